The fourth-order valence-electron chi connectivity index (χ4n) is 3.71. The van der Waals surface area contributed by atoms with Gasteiger partial charge in [0.25, 0.3) is 0 Å². The van der Waals surface area contributed by atoms with Crippen molar-refractivity contribution in [2.75, 3.05) is 7.05 Å². The maximum absolute atomic E-state index is 11.0. The molecule has 2 aliphatic heterocycles. The van der Waals surface area contributed by atoms with Crippen molar-refractivity contribution in [3.8, 4) is 6.07 Å². The quantitative estimate of drug-likeness (QED) is 0.882. The van der Waals surface area contributed by atoms with E-state index in [1.165, 1.54) is 12.8 Å². The Bertz CT molecular complexity index is 488. The number of aliphatic hydroxyl groups is 1. The molecule has 1 N–H and O–H groups in total. The molecule has 19 heavy (non-hydrogen) atoms. The minimum Gasteiger partial charge on any atom is -0.385 e. The highest BCUT2D eigenvalue weighted by Crippen LogP contribution is 2.44. The van der Waals surface area contributed by atoms with Crippen LogP contribution in [0.1, 0.15) is 36.8 Å². The van der Waals surface area contributed by atoms with E-state index in [0.29, 0.717) is 18.5 Å². The molecular formula is C16H20N2O. The van der Waals surface area contributed by atoms with Gasteiger partial charge in [0, 0.05) is 12.1 Å². The largest absolute Gasteiger partial charge is 0.385 e. The van der Waals surface area contributed by atoms with Crippen molar-refractivity contribution >= 4 is 0 Å². The van der Waals surface area contributed by atoms with Crippen LogP contribution in [0, 0.1) is 11.3 Å². The van der Waals surface area contributed by atoms with Crippen LogP contribution in [0.15, 0.2) is 24.3 Å². The lowest BCUT2D eigenvalue weighted by molar-refractivity contribution is -0.0493. The second-order valence-corrected chi connectivity index (χ2v) is 6.02. The Kier molecular flexibility index (Phi) is 3.08. The summed E-state index contributed by atoms with van der Waals surface area (Å²) in [5.74, 6) is 0. The average Bonchev–Trinajstić information content (AvgIpc) is 2.63. The first-order valence-electron chi connectivity index (χ1n) is 7.03. The van der Waals surface area contributed by atoms with Crippen LogP contribution in [0.5, 0.6) is 0 Å². The van der Waals surface area contributed by atoms with Crippen LogP contribution in [0.2, 0.25) is 0 Å². The zero-order valence-corrected chi connectivity index (χ0v) is 11.3. The van der Waals surface area contributed by atoms with Crippen molar-refractivity contribution in [2.24, 2.45) is 0 Å². The number of benzene rings is 1. The number of piperidine rings is 1. The molecule has 0 aliphatic carbocycles. The molecule has 0 aromatic heterocycles. The van der Waals surface area contributed by atoms with E-state index in [1.54, 1.807) is 0 Å². The van der Waals surface area contributed by atoms with E-state index in [0.717, 1.165) is 24.0 Å². The Balaban J connectivity index is 1.83. The molecule has 2 atom stereocenters. The van der Waals surface area contributed by atoms with Crippen LogP contribution in [-0.4, -0.2) is 29.1 Å². The molecular weight excluding hydrogens is 236 g/mol. The molecule has 3 nitrogen and oxygen atoms in total. The van der Waals surface area contributed by atoms with Crippen molar-refractivity contribution in [1.29, 1.82) is 5.26 Å². The molecule has 2 fully saturated rings. The molecule has 2 aliphatic rings. The van der Waals surface area contributed by atoms with E-state index in [4.69, 9.17) is 5.26 Å². The van der Waals surface area contributed by atoms with Crippen LogP contribution < -0.4 is 0 Å². The minimum absolute atomic E-state index is 0.437. The molecule has 100 valence electrons. The Labute approximate surface area is 114 Å². The molecule has 2 bridgehead atoms. The first kappa shape index (κ1) is 12.7. The predicted octanol–water partition coefficient (Wildman–Crippen LogP) is 2.20. The third kappa shape index (κ3) is 2.16. The number of hydrogen-bond donors (Lipinski definition) is 1. The van der Waals surface area contributed by atoms with Crippen LogP contribution in [0.3, 0.4) is 0 Å². The van der Waals surface area contributed by atoms with Crippen LogP contribution in [0.4, 0.5) is 0 Å². The molecule has 0 amide bonds. The topological polar surface area (TPSA) is 47.3 Å². The number of nitrogens with zero attached hydrogens (tertiary/aromatic N) is 2. The highest BCUT2D eigenvalue weighted by atomic mass is 16.3. The summed E-state index contributed by atoms with van der Waals surface area (Å²) in [6.45, 7) is 0. The maximum Gasteiger partial charge on any atom is 0.0926 e. The van der Waals surface area contributed by atoms with Crippen molar-refractivity contribution in [1.82, 2.24) is 4.90 Å². The van der Waals surface area contributed by atoms with Gasteiger partial charge in [0.2, 0.25) is 0 Å². The summed E-state index contributed by atoms with van der Waals surface area (Å²) >= 11 is 0. The van der Waals surface area contributed by atoms with Gasteiger partial charge in [0.15, 0.2) is 0 Å². The van der Waals surface area contributed by atoms with Gasteiger partial charge in [-0.1, -0.05) is 24.3 Å². The molecule has 2 saturated heterocycles. The summed E-state index contributed by atoms with van der Waals surface area (Å²) in [4.78, 5) is 2.43. The van der Waals surface area contributed by atoms with Crippen molar-refractivity contribution < 1.29 is 5.11 Å². The Hall–Kier alpha value is -1.37. The lowest BCUT2D eigenvalue weighted by Gasteiger charge is -2.42. The van der Waals surface area contributed by atoms with E-state index >= 15 is 0 Å². The van der Waals surface area contributed by atoms with E-state index in [1.807, 2.05) is 24.3 Å². The fourth-order valence-corrected chi connectivity index (χ4v) is 3.71. The van der Waals surface area contributed by atoms with Gasteiger partial charge in [-0.15, -0.1) is 0 Å². The Morgan fingerprint density at radius 2 is 1.84 bits per heavy atom. The maximum atomic E-state index is 11.0. The van der Waals surface area contributed by atoms with Gasteiger partial charge < -0.3 is 10.0 Å². The highest BCUT2D eigenvalue weighted by Gasteiger charge is 2.46. The van der Waals surface area contributed by atoms with E-state index < -0.39 is 5.60 Å². The van der Waals surface area contributed by atoms with E-state index in [2.05, 4.69) is 18.0 Å². The van der Waals surface area contributed by atoms with E-state index in [9.17, 15) is 5.11 Å². The van der Waals surface area contributed by atoms with Crippen molar-refractivity contribution in [2.45, 2.75) is 49.8 Å². The summed E-state index contributed by atoms with van der Waals surface area (Å²) < 4.78 is 0. The molecule has 1 aromatic carbocycles. The lowest BCUT2D eigenvalue weighted by Crippen LogP contribution is -2.47. The summed E-state index contributed by atoms with van der Waals surface area (Å²) in [5.41, 5.74) is 1.36. The van der Waals surface area contributed by atoms with Crippen LogP contribution in [0.25, 0.3) is 0 Å². The average molecular weight is 256 g/mol. The molecule has 0 radical (unpaired) electrons. The first-order chi connectivity index (χ1) is 9.12. The normalized spacial score (nSPS) is 34.2. The van der Waals surface area contributed by atoms with Crippen molar-refractivity contribution in [3.05, 3.63) is 35.4 Å². The Morgan fingerprint density at radius 1 is 1.26 bits per heavy atom. The molecule has 2 heterocycles. The standard InChI is InChI=1S/C16H20N2O/c1-18-14-6-7-15(18)11-16(19,10-14)13-4-2-12(3-5-13)8-9-17/h2-5,14-15,19H,6-8,10-11H2,1H3. The molecule has 3 rings (SSSR count). The molecule has 2 unspecified atom stereocenters. The molecule has 0 spiro atoms. The SMILES string of the molecule is CN1C2CCC1CC(O)(c1ccc(CC#N)cc1)C2. The zero-order chi connectivity index (χ0) is 13.5. The minimum atomic E-state index is -0.677. The number of rotatable bonds is 2. The second kappa shape index (κ2) is 4.63. The summed E-state index contributed by atoms with van der Waals surface area (Å²) in [6.07, 6.45) is 4.51. The van der Waals surface area contributed by atoms with Crippen molar-refractivity contribution in [3.63, 3.8) is 0 Å². The van der Waals surface area contributed by atoms with E-state index in [-0.39, 0.29) is 0 Å². The van der Waals surface area contributed by atoms with Gasteiger partial charge in [-0.25, -0.2) is 0 Å². The van der Waals surface area contributed by atoms with Gasteiger partial charge in [0.1, 0.15) is 0 Å². The zero-order valence-electron chi connectivity index (χ0n) is 11.3. The molecule has 0 saturated carbocycles. The van der Waals surface area contributed by atoms with Gasteiger partial charge in [-0.05, 0) is 43.9 Å². The number of fused-ring (bicyclic) bond motifs is 2. The lowest BCUT2D eigenvalue weighted by atomic mass is 9.80. The monoisotopic (exact) mass is 256 g/mol. The summed E-state index contributed by atoms with van der Waals surface area (Å²) in [5, 5.41) is 19.7. The predicted molar refractivity (Wildman–Crippen MR) is 73.5 cm³/mol. The van der Waals surface area contributed by atoms with Crippen LogP contribution in [-0.2, 0) is 12.0 Å². The first-order valence-corrected chi connectivity index (χ1v) is 7.03. The number of hydrogen-bond acceptors (Lipinski definition) is 3. The van der Waals surface area contributed by atoms with Gasteiger partial charge >= 0.3 is 0 Å². The third-order valence-corrected chi connectivity index (χ3v) is 4.91. The Morgan fingerprint density at radius 3 is 2.37 bits per heavy atom. The van der Waals surface area contributed by atoms with Gasteiger partial charge in [-0.2, -0.15) is 5.26 Å². The van der Waals surface area contributed by atoms with Gasteiger partial charge in [0.05, 0.1) is 18.1 Å². The third-order valence-electron chi connectivity index (χ3n) is 4.91. The number of nitriles is 1. The second-order valence-electron chi connectivity index (χ2n) is 6.02. The fraction of sp³-hybridized carbons (Fsp3) is 0.562. The molecule has 1 aromatic rings. The summed E-state index contributed by atoms with van der Waals surface area (Å²) in [7, 11) is 2.18. The summed E-state index contributed by atoms with van der Waals surface area (Å²) in [6, 6.07) is 11.1. The van der Waals surface area contributed by atoms with Crippen LogP contribution >= 0.6 is 0 Å². The molecule has 3 heteroatoms. The van der Waals surface area contributed by atoms with Gasteiger partial charge in [-0.3, -0.25) is 0 Å². The smallest absolute Gasteiger partial charge is 0.0926 e. The highest BCUT2D eigenvalue weighted by molar-refractivity contribution is 5.30.